The number of hydrogen-bond donors (Lipinski definition) is 3. The number of carbonyl (C=O) groups is 1. The van der Waals surface area contributed by atoms with E-state index in [0.29, 0.717) is 13.0 Å². The molecule has 0 spiro atoms. The molecular formula is C11H17N3O5S. The zero-order valence-corrected chi connectivity index (χ0v) is 11.9. The number of rotatable bonds is 6. The summed E-state index contributed by atoms with van der Waals surface area (Å²) in [5, 5.41) is 14.8. The maximum absolute atomic E-state index is 12.1. The van der Waals surface area contributed by atoms with Gasteiger partial charge in [0.1, 0.15) is 4.90 Å². The van der Waals surface area contributed by atoms with E-state index in [0.717, 1.165) is 12.8 Å². The number of nitrogens with one attached hydrogen (secondary N) is 2. The van der Waals surface area contributed by atoms with Gasteiger partial charge < -0.3 is 9.84 Å². The maximum Gasteiger partial charge on any atom is 0.357 e. The molecule has 0 saturated carbocycles. The predicted molar refractivity (Wildman–Crippen MR) is 69.1 cm³/mol. The van der Waals surface area contributed by atoms with Crippen LogP contribution in [0.2, 0.25) is 0 Å². The zero-order valence-electron chi connectivity index (χ0n) is 11.0. The fraction of sp³-hybridized carbons (Fsp3) is 0.636. The summed E-state index contributed by atoms with van der Waals surface area (Å²) in [7, 11) is -3.90. The summed E-state index contributed by atoms with van der Waals surface area (Å²) in [6.07, 6.45) is 2.55. The molecule has 0 amide bonds. The van der Waals surface area contributed by atoms with Gasteiger partial charge >= 0.3 is 5.97 Å². The SMILES string of the molecule is Cc1[nH]nc(C(=O)O)c1S(=O)(=O)NCCC1CCCO1. The Labute approximate surface area is 116 Å². The van der Waals surface area contributed by atoms with Gasteiger partial charge in [-0.2, -0.15) is 5.10 Å². The van der Waals surface area contributed by atoms with Gasteiger partial charge in [-0.15, -0.1) is 0 Å². The lowest BCUT2D eigenvalue weighted by atomic mass is 10.2. The van der Waals surface area contributed by atoms with Crippen molar-refractivity contribution in [2.45, 2.75) is 37.2 Å². The molecule has 3 N–H and O–H groups in total. The lowest BCUT2D eigenvalue weighted by Crippen LogP contribution is -2.28. The molecule has 2 heterocycles. The van der Waals surface area contributed by atoms with Crippen molar-refractivity contribution in [3.05, 3.63) is 11.4 Å². The summed E-state index contributed by atoms with van der Waals surface area (Å²) in [5.74, 6) is -1.38. The molecule has 0 aliphatic carbocycles. The van der Waals surface area contributed by atoms with E-state index < -0.39 is 21.7 Å². The first-order valence-electron chi connectivity index (χ1n) is 6.31. The molecule has 1 aromatic rings. The van der Waals surface area contributed by atoms with E-state index in [1.54, 1.807) is 0 Å². The molecule has 1 atom stereocenters. The quantitative estimate of drug-likeness (QED) is 0.693. The molecule has 1 aliphatic heterocycles. The van der Waals surface area contributed by atoms with Crippen LogP contribution in [0.3, 0.4) is 0 Å². The monoisotopic (exact) mass is 303 g/mol. The van der Waals surface area contributed by atoms with Gasteiger partial charge in [0, 0.05) is 13.2 Å². The van der Waals surface area contributed by atoms with Crippen molar-refractivity contribution in [3.63, 3.8) is 0 Å². The number of aromatic nitrogens is 2. The lowest BCUT2D eigenvalue weighted by molar-refractivity contribution is 0.0686. The Morgan fingerprint density at radius 1 is 1.60 bits per heavy atom. The lowest BCUT2D eigenvalue weighted by Gasteiger charge is -2.10. The summed E-state index contributed by atoms with van der Waals surface area (Å²) in [5.41, 5.74) is -0.292. The largest absolute Gasteiger partial charge is 0.476 e. The van der Waals surface area contributed by atoms with Crippen LogP contribution in [0.25, 0.3) is 0 Å². The number of carboxylic acid groups (broad SMARTS) is 1. The number of hydrogen-bond acceptors (Lipinski definition) is 5. The van der Waals surface area contributed by atoms with Gasteiger partial charge in [-0.25, -0.2) is 17.9 Å². The standard InChI is InChI=1S/C11H17N3O5S/c1-7-10(9(11(15)16)14-13-7)20(17,18)12-5-4-8-3-2-6-19-8/h8,12H,2-6H2,1H3,(H,13,14)(H,15,16). The van der Waals surface area contributed by atoms with Gasteiger partial charge in [0.05, 0.1) is 11.8 Å². The molecule has 9 heteroatoms. The summed E-state index contributed by atoms with van der Waals surface area (Å²) < 4.78 is 32.1. The smallest absolute Gasteiger partial charge is 0.357 e. The number of carboxylic acids is 1. The van der Waals surface area contributed by atoms with E-state index in [-0.39, 0.29) is 23.2 Å². The second-order valence-corrected chi connectivity index (χ2v) is 6.36. The van der Waals surface area contributed by atoms with Gasteiger partial charge in [0.25, 0.3) is 0 Å². The van der Waals surface area contributed by atoms with E-state index in [4.69, 9.17) is 9.84 Å². The Morgan fingerprint density at radius 3 is 2.95 bits per heavy atom. The second-order valence-electron chi connectivity index (χ2n) is 4.65. The second kappa shape index (κ2) is 5.90. The van der Waals surface area contributed by atoms with Crippen LogP contribution < -0.4 is 4.72 Å². The Balaban J connectivity index is 2.06. The highest BCUT2D eigenvalue weighted by atomic mass is 32.2. The summed E-state index contributed by atoms with van der Waals surface area (Å²) >= 11 is 0. The molecule has 112 valence electrons. The average Bonchev–Trinajstić information content (AvgIpc) is 2.98. The fourth-order valence-electron chi connectivity index (χ4n) is 2.19. The number of aromatic amines is 1. The fourth-order valence-corrected chi connectivity index (χ4v) is 3.56. The van der Waals surface area contributed by atoms with Gasteiger partial charge in [0.2, 0.25) is 10.0 Å². The van der Waals surface area contributed by atoms with Crippen LogP contribution in [0.5, 0.6) is 0 Å². The van der Waals surface area contributed by atoms with Crippen molar-refractivity contribution < 1.29 is 23.1 Å². The maximum atomic E-state index is 12.1. The van der Waals surface area contributed by atoms with Crippen molar-refractivity contribution in [2.75, 3.05) is 13.2 Å². The Kier molecular flexibility index (Phi) is 4.41. The minimum atomic E-state index is -3.90. The van der Waals surface area contributed by atoms with Crippen LogP contribution in [0.1, 0.15) is 35.4 Å². The number of aryl methyl sites for hydroxylation is 1. The third-order valence-corrected chi connectivity index (χ3v) is 4.77. The highest BCUT2D eigenvalue weighted by Gasteiger charge is 2.28. The van der Waals surface area contributed by atoms with Crippen molar-refractivity contribution in [2.24, 2.45) is 0 Å². The third-order valence-electron chi connectivity index (χ3n) is 3.14. The highest BCUT2D eigenvalue weighted by Crippen LogP contribution is 2.18. The van der Waals surface area contributed by atoms with Crippen molar-refractivity contribution >= 4 is 16.0 Å². The van der Waals surface area contributed by atoms with Gasteiger partial charge in [-0.05, 0) is 26.2 Å². The van der Waals surface area contributed by atoms with Gasteiger partial charge in [-0.1, -0.05) is 0 Å². The van der Waals surface area contributed by atoms with Gasteiger partial charge in [0.15, 0.2) is 5.69 Å². The van der Waals surface area contributed by atoms with Crippen LogP contribution >= 0.6 is 0 Å². The molecule has 1 fully saturated rings. The van der Waals surface area contributed by atoms with Crippen LogP contribution in [-0.2, 0) is 14.8 Å². The molecule has 20 heavy (non-hydrogen) atoms. The Bertz CT molecular complexity index is 589. The van der Waals surface area contributed by atoms with E-state index in [9.17, 15) is 13.2 Å². The van der Waals surface area contributed by atoms with E-state index in [2.05, 4.69) is 14.9 Å². The molecule has 2 rings (SSSR count). The number of sulfonamides is 1. The average molecular weight is 303 g/mol. The first-order valence-corrected chi connectivity index (χ1v) is 7.79. The minimum absolute atomic E-state index is 0.0714. The molecule has 1 aliphatic rings. The summed E-state index contributed by atoms with van der Waals surface area (Å²) in [6.45, 7) is 2.38. The Hall–Kier alpha value is -1.45. The van der Waals surface area contributed by atoms with Crippen LogP contribution in [0.4, 0.5) is 0 Å². The molecule has 1 saturated heterocycles. The first kappa shape index (κ1) is 14.9. The third kappa shape index (κ3) is 3.17. The summed E-state index contributed by atoms with van der Waals surface area (Å²) in [4.78, 5) is 10.7. The molecule has 0 aromatic carbocycles. The number of H-pyrrole nitrogens is 1. The normalized spacial score (nSPS) is 19.4. The first-order chi connectivity index (χ1) is 9.42. The van der Waals surface area contributed by atoms with Crippen molar-refractivity contribution in [3.8, 4) is 0 Å². The van der Waals surface area contributed by atoms with Crippen LogP contribution in [-0.4, -0.2) is 48.9 Å². The molecule has 0 radical (unpaired) electrons. The van der Waals surface area contributed by atoms with Crippen molar-refractivity contribution in [1.82, 2.24) is 14.9 Å². The van der Waals surface area contributed by atoms with Crippen LogP contribution in [0, 0.1) is 6.92 Å². The molecule has 8 nitrogen and oxygen atoms in total. The minimum Gasteiger partial charge on any atom is -0.476 e. The van der Waals surface area contributed by atoms with Gasteiger partial charge in [-0.3, -0.25) is 5.10 Å². The predicted octanol–water partition coefficient (Wildman–Crippen LogP) is 0.264. The van der Waals surface area contributed by atoms with E-state index >= 15 is 0 Å². The van der Waals surface area contributed by atoms with Crippen molar-refractivity contribution in [1.29, 1.82) is 0 Å². The van der Waals surface area contributed by atoms with E-state index in [1.165, 1.54) is 6.92 Å². The molecular weight excluding hydrogens is 286 g/mol. The zero-order chi connectivity index (χ0) is 14.8. The number of aromatic carboxylic acids is 1. The molecule has 1 aromatic heterocycles. The van der Waals surface area contributed by atoms with Crippen LogP contribution in [0.15, 0.2) is 4.90 Å². The highest BCUT2D eigenvalue weighted by molar-refractivity contribution is 7.89. The number of nitrogens with zero attached hydrogens (tertiary/aromatic N) is 1. The number of ether oxygens (including phenoxy) is 1. The topological polar surface area (TPSA) is 121 Å². The Morgan fingerprint density at radius 2 is 2.35 bits per heavy atom. The molecule has 1 unspecified atom stereocenters. The van der Waals surface area contributed by atoms with E-state index in [1.807, 2.05) is 0 Å². The molecule has 0 bridgehead atoms. The summed E-state index contributed by atoms with van der Waals surface area (Å²) in [6, 6.07) is 0.